The SMILES string of the molecule is COCC(O)CN1CCN(C(=O)OC(C)(C)C)CC1CO. The Morgan fingerprint density at radius 2 is 2.05 bits per heavy atom. The summed E-state index contributed by atoms with van der Waals surface area (Å²) in [6.07, 6.45) is -0.963. The van der Waals surface area contributed by atoms with Crippen LogP contribution in [0.3, 0.4) is 0 Å². The number of carbonyl (C=O) groups excluding carboxylic acids is 1. The molecule has 124 valence electrons. The number of aliphatic hydroxyl groups excluding tert-OH is 2. The molecule has 0 aliphatic carbocycles. The molecule has 2 unspecified atom stereocenters. The van der Waals surface area contributed by atoms with E-state index in [1.807, 2.05) is 25.7 Å². The number of aliphatic hydroxyl groups is 2. The summed E-state index contributed by atoms with van der Waals surface area (Å²) in [6, 6.07) is -0.197. The predicted molar refractivity (Wildman–Crippen MR) is 78.1 cm³/mol. The van der Waals surface area contributed by atoms with Crippen molar-refractivity contribution in [1.82, 2.24) is 9.80 Å². The monoisotopic (exact) mass is 304 g/mol. The number of hydrogen-bond donors (Lipinski definition) is 2. The number of piperazine rings is 1. The Morgan fingerprint density at radius 3 is 2.57 bits per heavy atom. The number of ether oxygens (including phenoxy) is 2. The van der Waals surface area contributed by atoms with Gasteiger partial charge in [-0.15, -0.1) is 0 Å². The maximum atomic E-state index is 12.0. The molecule has 1 aliphatic heterocycles. The standard InChI is InChI=1S/C14H28N2O5/c1-14(2,3)21-13(19)16-6-5-15(11(7-16)9-17)8-12(18)10-20-4/h11-12,17-18H,5-10H2,1-4H3. The minimum atomic E-state index is -0.600. The second kappa shape index (κ2) is 7.93. The maximum absolute atomic E-state index is 12.0. The molecule has 1 aliphatic rings. The average molecular weight is 304 g/mol. The molecule has 0 bridgehead atoms. The highest BCUT2D eigenvalue weighted by Gasteiger charge is 2.32. The summed E-state index contributed by atoms with van der Waals surface area (Å²) in [4.78, 5) is 15.6. The van der Waals surface area contributed by atoms with E-state index in [0.717, 1.165) is 0 Å². The van der Waals surface area contributed by atoms with Crippen molar-refractivity contribution in [2.24, 2.45) is 0 Å². The smallest absolute Gasteiger partial charge is 0.410 e. The maximum Gasteiger partial charge on any atom is 0.410 e. The van der Waals surface area contributed by atoms with Crippen molar-refractivity contribution in [2.75, 3.05) is 46.5 Å². The fourth-order valence-corrected chi connectivity index (χ4v) is 2.31. The Morgan fingerprint density at radius 1 is 1.38 bits per heavy atom. The van der Waals surface area contributed by atoms with Crippen LogP contribution in [0.2, 0.25) is 0 Å². The fourth-order valence-electron chi connectivity index (χ4n) is 2.31. The van der Waals surface area contributed by atoms with Crippen LogP contribution in [-0.4, -0.2) is 90.4 Å². The molecule has 0 spiro atoms. The zero-order chi connectivity index (χ0) is 16.0. The predicted octanol–water partition coefficient (Wildman–Crippen LogP) is -0.0927. The van der Waals surface area contributed by atoms with E-state index in [1.165, 1.54) is 7.11 Å². The van der Waals surface area contributed by atoms with Crippen molar-refractivity contribution in [3.63, 3.8) is 0 Å². The second-order valence-corrected chi connectivity index (χ2v) is 6.37. The molecule has 0 aromatic carbocycles. The van der Waals surface area contributed by atoms with Gasteiger partial charge in [-0.25, -0.2) is 4.79 Å². The van der Waals surface area contributed by atoms with Gasteiger partial charge >= 0.3 is 6.09 Å². The van der Waals surface area contributed by atoms with Crippen LogP contribution in [0.4, 0.5) is 4.79 Å². The van der Waals surface area contributed by atoms with E-state index in [2.05, 4.69) is 0 Å². The van der Waals surface area contributed by atoms with Gasteiger partial charge in [0.2, 0.25) is 0 Å². The molecule has 0 aromatic rings. The normalized spacial score (nSPS) is 22.2. The minimum Gasteiger partial charge on any atom is -0.444 e. The molecule has 21 heavy (non-hydrogen) atoms. The first-order chi connectivity index (χ1) is 9.76. The Bertz CT molecular complexity index is 332. The highest BCUT2D eigenvalue weighted by molar-refractivity contribution is 5.68. The first-order valence-electron chi connectivity index (χ1n) is 7.26. The Labute approximate surface area is 126 Å². The number of methoxy groups -OCH3 is 1. The van der Waals surface area contributed by atoms with Crippen molar-refractivity contribution < 1.29 is 24.5 Å². The lowest BCUT2D eigenvalue weighted by molar-refractivity contribution is -0.0243. The molecule has 1 fully saturated rings. The molecule has 1 amide bonds. The first-order valence-corrected chi connectivity index (χ1v) is 7.26. The third kappa shape index (κ3) is 6.17. The van der Waals surface area contributed by atoms with E-state index in [9.17, 15) is 15.0 Å². The van der Waals surface area contributed by atoms with Crippen LogP contribution < -0.4 is 0 Å². The van der Waals surface area contributed by atoms with Gasteiger partial charge in [-0.05, 0) is 20.8 Å². The van der Waals surface area contributed by atoms with Crippen LogP contribution >= 0.6 is 0 Å². The van der Waals surface area contributed by atoms with E-state index < -0.39 is 11.7 Å². The summed E-state index contributed by atoms with van der Waals surface area (Å²) in [5, 5.41) is 19.3. The fraction of sp³-hybridized carbons (Fsp3) is 0.929. The van der Waals surface area contributed by atoms with E-state index >= 15 is 0 Å². The van der Waals surface area contributed by atoms with E-state index in [1.54, 1.807) is 4.90 Å². The van der Waals surface area contributed by atoms with Gasteiger partial charge in [-0.1, -0.05) is 0 Å². The summed E-state index contributed by atoms with van der Waals surface area (Å²) in [5.74, 6) is 0. The average Bonchev–Trinajstić information content (AvgIpc) is 2.37. The van der Waals surface area contributed by atoms with Gasteiger partial charge in [-0.2, -0.15) is 0 Å². The Kier molecular flexibility index (Phi) is 6.86. The van der Waals surface area contributed by atoms with Gasteiger partial charge in [0.1, 0.15) is 5.60 Å². The molecule has 7 heteroatoms. The van der Waals surface area contributed by atoms with Crippen LogP contribution in [0.15, 0.2) is 0 Å². The van der Waals surface area contributed by atoms with E-state index in [-0.39, 0.29) is 25.3 Å². The number of β-amino-alcohol motifs (C(OH)–C–C–N with tert-alkyl or cyclic N) is 1. The van der Waals surface area contributed by atoms with Gasteiger partial charge in [0.25, 0.3) is 0 Å². The van der Waals surface area contributed by atoms with Gasteiger partial charge < -0.3 is 24.6 Å². The minimum absolute atomic E-state index is 0.0704. The highest BCUT2D eigenvalue weighted by Crippen LogP contribution is 2.15. The van der Waals surface area contributed by atoms with Gasteiger partial charge in [0.05, 0.1) is 25.4 Å². The zero-order valence-corrected chi connectivity index (χ0v) is 13.4. The molecule has 2 N–H and O–H groups in total. The van der Waals surface area contributed by atoms with Crippen LogP contribution in [0.25, 0.3) is 0 Å². The lowest BCUT2D eigenvalue weighted by atomic mass is 10.1. The lowest BCUT2D eigenvalue weighted by Crippen LogP contribution is -2.58. The quantitative estimate of drug-likeness (QED) is 0.738. The van der Waals surface area contributed by atoms with E-state index in [0.29, 0.717) is 26.2 Å². The van der Waals surface area contributed by atoms with Crippen LogP contribution in [0, 0.1) is 0 Å². The zero-order valence-electron chi connectivity index (χ0n) is 13.4. The molecule has 2 atom stereocenters. The van der Waals surface area contributed by atoms with Gasteiger partial charge in [0, 0.05) is 33.3 Å². The molecule has 1 rings (SSSR count). The lowest BCUT2D eigenvalue weighted by Gasteiger charge is -2.41. The van der Waals surface area contributed by atoms with Crippen molar-refractivity contribution in [3.05, 3.63) is 0 Å². The Balaban J connectivity index is 2.54. The molecule has 0 aromatic heterocycles. The van der Waals surface area contributed by atoms with Crippen molar-refractivity contribution in [1.29, 1.82) is 0 Å². The third-order valence-electron chi connectivity index (χ3n) is 3.27. The Hall–Kier alpha value is -0.890. The molecule has 0 saturated carbocycles. The highest BCUT2D eigenvalue weighted by atomic mass is 16.6. The van der Waals surface area contributed by atoms with Crippen molar-refractivity contribution in [2.45, 2.75) is 38.5 Å². The van der Waals surface area contributed by atoms with Crippen LogP contribution in [-0.2, 0) is 9.47 Å². The second-order valence-electron chi connectivity index (χ2n) is 6.37. The first kappa shape index (κ1) is 18.2. The largest absolute Gasteiger partial charge is 0.444 e. The van der Waals surface area contributed by atoms with Crippen molar-refractivity contribution in [3.8, 4) is 0 Å². The van der Waals surface area contributed by atoms with E-state index in [4.69, 9.17) is 9.47 Å². The number of amides is 1. The molecule has 7 nitrogen and oxygen atoms in total. The summed E-state index contributed by atoms with van der Waals surface area (Å²) < 4.78 is 10.2. The summed E-state index contributed by atoms with van der Waals surface area (Å²) in [6.45, 7) is 7.58. The third-order valence-corrected chi connectivity index (χ3v) is 3.27. The number of carbonyl (C=O) groups is 1. The summed E-state index contributed by atoms with van der Waals surface area (Å²) in [7, 11) is 1.53. The molecular formula is C14H28N2O5. The summed E-state index contributed by atoms with van der Waals surface area (Å²) >= 11 is 0. The summed E-state index contributed by atoms with van der Waals surface area (Å²) in [5.41, 5.74) is -0.530. The van der Waals surface area contributed by atoms with Crippen LogP contribution in [0.1, 0.15) is 20.8 Å². The van der Waals surface area contributed by atoms with Gasteiger partial charge in [-0.3, -0.25) is 4.90 Å². The molecule has 0 radical (unpaired) electrons. The number of rotatable bonds is 5. The van der Waals surface area contributed by atoms with Gasteiger partial charge in [0.15, 0.2) is 0 Å². The molecule has 1 saturated heterocycles. The molecular weight excluding hydrogens is 276 g/mol. The topological polar surface area (TPSA) is 82.5 Å². The number of hydrogen-bond acceptors (Lipinski definition) is 6. The molecule has 1 heterocycles. The van der Waals surface area contributed by atoms with Crippen molar-refractivity contribution >= 4 is 6.09 Å². The number of nitrogens with zero attached hydrogens (tertiary/aromatic N) is 2. The van der Waals surface area contributed by atoms with Crippen LogP contribution in [0.5, 0.6) is 0 Å².